The second-order valence-electron chi connectivity index (χ2n) is 4.56. The van der Waals surface area contributed by atoms with Gasteiger partial charge in [-0.05, 0) is 17.9 Å². The number of nitrogens with zero attached hydrogens (tertiary/aromatic N) is 2. The van der Waals surface area contributed by atoms with E-state index in [1.807, 2.05) is 0 Å². The fourth-order valence-corrected chi connectivity index (χ4v) is 2.89. The van der Waals surface area contributed by atoms with Gasteiger partial charge in [-0.15, -0.1) is 11.8 Å². The van der Waals surface area contributed by atoms with E-state index in [1.165, 1.54) is 23.9 Å². The first-order chi connectivity index (χ1) is 10.3. The van der Waals surface area contributed by atoms with Crippen molar-refractivity contribution < 1.29 is 22.9 Å². The molecule has 5 nitrogen and oxygen atoms in total. The van der Waals surface area contributed by atoms with Crippen molar-refractivity contribution >= 4 is 29.0 Å². The molecule has 0 fully saturated rings. The molecule has 0 spiro atoms. The number of halogens is 3. The Morgan fingerprint density at radius 2 is 2.18 bits per heavy atom. The predicted octanol–water partition coefficient (Wildman–Crippen LogP) is 3.51. The molecule has 22 heavy (non-hydrogen) atoms. The Balaban J connectivity index is 2.32. The number of alkyl halides is 3. The highest BCUT2D eigenvalue weighted by atomic mass is 32.2. The zero-order chi connectivity index (χ0) is 16.3. The summed E-state index contributed by atoms with van der Waals surface area (Å²) in [6.45, 7) is -0.169. The van der Waals surface area contributed by atoms with E-state index < -0.39 is 17.0 Å². The Labute approximate surface area is 127 Å². The molecule has 0 saturated carbocycles. The number of non-ortho nitro benzene ring substituents is 1. The number of amides is 1. The van der Waals surface area contributed by atoms with Crippen LogP contribution in [0.3, 0.4) is 0 Å². The Hall–Kier alpha value is -2.03. The minimum atomic E-state index is -5.04. The van der Waals surface area contributed by atoms with Gasteiger partial charge in [-0.25, -0.2) is 0 Å². The smallest absolute Gasteiger partial charge is 0.303 e. The lowest BCUT2D eigenvalue weighted by atomic mass is 10.2. The first kappa shape index (κ1) is 16.3. The minimum absolute atomic E-state index is 0.135. The van der Waals surface area contributed by atoms with Crippen LogP contribution >= 0.6 is 11.8 Å². The van der Waals surface area contributed by atoms with Crippen molar-refractivity contribution in [3.05, 3.63) is 45.9 Å². The number of benzene rings is 1. The van der Waals surface area contributed by atoms with Gasteiger partial charge in [-0.3, -0.25) is 14.9 Å². The van der Waals surface area contributed by atoms with E-state index in [2.05, 4.69) is 0 Å². The van der Waals surface area contributed by atoms with E-state index in [9.17, 15) is 28.1 Å². The molecule has 0 radical (unpaired) electrons. The average Bonchev–Trinajstić information content (AvgIpc) is 2.96. The first-order valence-electron chi connectivity index (χ1n) is 6.22. The Morgan fingerprint density at radius 1 is 1.45 bits per heavy atom. The van der Waals surface area contributed by atoms with Crippen molar-refractivity contribution in [2.75, 3.05) is 11.4 Å². The number of thioether (sulfide) groups is 1. The molecule has 1 aliphatic heterocycles. The summed E-state index contributed by atoms with van der Waals surface area (Å²) in [5.41, 5.74) is -0.501. The summed E-state index contributed by atoms with van der Waals surface area (Å²) in [6.07, 6.45) is -2.69. The quantitative estimate of drug-likeness (QED) is 0.625. The van der Waals surface area contributed by atoms with Crippen LogP contribution in [0.25, 0.3) is 0 Å². The monoisotopic (exact) mass is 332 g/mol. The van der Waals surface area contributed by atoms with Crippen LogP contribution in [0.4, 0.5) is 24.5 Å². The normalized spacial score (nSPS) is 17.5. The molecule has 1 amide bonds. The van der Waals surface area contributed by atoms with Crippen LogP contribution in [0.2, 0.25) is 0 Å². The fraction of sp³-hybridized carbons (Fsp3) is 0.308. The molecule has 1 aliphatic rings. The number of anilines is 1. The maximum atomic E-state index is 12.8. The third kappa shape index (κ3) is 3.79. The van der Waals surface area contributed by atoms with Crippen LogP contribution in [0.15, 0.2) is 35.7 Å². The maximum Gasteiger partial charge on any atom is 0.471 e. The largest absolute Gasteiger partial charge is 0.471 e. The van der Waals surface area contributed by atoms with Gasteiger partial charge in [-0.2, -0.15) is 13.2 Å². The van der Waals surface area contributed by atoms with Crippen molar-refractivity contribution in [1.82, 2.24) is 0 Å². The average molecular weight is 332 g/mol. The summed E-state index contributed by atoms with van der Waals surface area (Å²) in [5.74, 6) is -2.03. The molecule has 1 aromatic carbocycles. The van der Waals surface area contributed by atoms with Crippen LogP contribution in [0.5, 0.6) is 0 Å². The molecule has 0 N–H and O–H groups in total. The van der Waals surface area contributed by atoms with Crippen molar-refractivity contribution in [2.45, 2.75) is 17.8 Å². The van der Waals surface area contributed by atoms with Crippen LogP contribution in [-0.2, 0) is 4.79 Å². The summed E-state index contributed by atoms with van der Waals surface area (Å²) < 4.78 is 38.3. The van der Waals surface area contributed by atoms with E-state index in [1.54, 1.807) is 11.5 Å². The number of carbonyl (C=O) groups is 1. The van der Waals surface area contributed by atoms with E-state index in [0.717, 1.165) is 12.1 Å². The number of rotatable bonds is 4. The number of allylic oxidation sites excluding steroid dienone is 1. The highest BCUT2D eigenvalue weighted by Gasteiger charge is 2.43. The van der Waals surface area contributed by atoms with Gasteiger partial charge in [0.05, 0.1) is 10.6 Å². The highest BCUT2D eigenvalue weighted by Crippen LogP contribution is 2.31. The molecule has 9 heteroatoms. The first-order valence-corrected chi connectivity index (χ1v) is 7.17. The van der Waals surface area contributed by atoms with E-state index in [-0.39, 0.29) is 23.2 Å². The van der Waals surface area contributed by atoms with Gasteiger partial charge in [0.1, 0.15) is 0 Å². The van der Waals surface area contributed by atoms with Crippen molar-refractivity contribution in [1.29, 1.82) is 0 Å². The zero-order valence-electron chi connectivity index (χ0n) is 11.1. The second kappa shape index (κ2) is 6.39. The maximum absolute atomic E-state index is 12.8. The molecule has 118 valence electrons. The van der Waals surface area contributed by atoms with Crippen molar-refractivity contribution in [2.24, 2.45) is 0 Å². The molecular formula is C13H11F3N2O3S. The van der Waals surface area contributed by atoms with Crippen molar-refractivity contribution in [3.63, 3.8) is 0 Å². The lowest BCUT2D eigenvalue weighted by molar-refractivity contribution is -0.384. The Morgan fingerprint density at radius 3 is 2.73 bits per heavy atom. The Bertz CT molecular complexity index is 611. The lowest BCUT2D eigenvalue weighted by Gasteiger charge is -2.26. The number of hydrogen-bond donors (Lipinski definition) is 0. The predicted molar refractivity (Wildman–Crippen MR) is 76.6 cm³/mol. The molecule has 0 aliphatic carbocycles. The number of nitro groups is 1. The standard InChI is InChI=1S/C13H11F3N2O3S/c14-13(15,16)12(19)17(8-11-5-2-6-22-11)9-3-1-4-10(7-9)18(20)21/h1-4,6-7,11H,5,8H2. The fourth-order valence-electron chi connectivity index (χ4n) is 1.98. The molecule has 0 saturated heterocycles. The Kier molecular flexibility index (Phi) is 4.74. The zero-order valence-corrected chi connectivity index (χ0v) is 11.9. The lowest BCUT2D eigenvalue weighted by Crippen LogP contribution is -2.44. The third-order valence-corrected chi connectivity index (χ3v) is 4.07. The molecule has 0 aromatic heterocycles. The molecule has 2 rings (SSSR count). The van der Waals surface area contributed by atoms with E-state index in [0.29, 0.717) is 11.3 Å². The molecule has 1 atom stereocenters. The van der Waals surface area contributed by atoms with Gasteiger partial charge < -0.3 is 4.90 Å². The topological polar surface area (TPSA) is 63.5 Å². The summed E-state index contributed by atoms with van der Waals surface area (Å²) in [6, 6.07) is 4.64. The molecule has 1 unspecified atom stereocenters. The molecule has 1 aromatic rings. The van der Waals surface area contributed by atoms with Crippen LogP contribution < -0.4 is 4.90 Å². The van der Waals surface area contributed by atoms with Crippen LogP contribution in [0.1, 0.15) is 6.42 Å². The highest BCUT2D eigenvalue weighted by molar-refractivity contribution is 8.03. The summed E-state index contributed by atoms with van der Waals surface area (Å²) >= 11 is 1.33. The number of hydrogen-bond acceptors (Lipinski definition) is 4. The van der Waals surface area contributed by atoms with Crippen LogP contribution in [-0.4, -0.2) is 28.8 Å². The summed E-state index contributed by atoms with van der Waals surface area (Å²) in [7, 11) is 0. The van der Waals surface area contributed by atoms with Crippen molar-refractivity contribution in [3.8, 4) is 0 Å². The van der Waals surface area contributed by atoms with Gasteiger partial charge in [-0.1, -0.05) is 12.1 Å². The summed E-state index contributed by atoms with van der Waals surface area (Å²) in [4.78, 5) is 22.2. The van der Waals surface area contributed by atoms with E-state index in [4.69, 9.17) is 0 Å². The molecular weight excluding hydrogens is 321 g/mol. The van der Waals surface area contributed by atoms with E-state index >= 15 is 0 Å². The molecule has 0 bridgehead atoms. The third-order valence-electron chi connectivity index (χ3n) is 2.99. The summed E-state index contributed by atoms with van der Waals surface area (Å²) in [5, 5.41) is 12.3. The number of nitro benzene ring substituents is 1. The van der Waals surface area contributed by atoms with Gasteiger partial charge >= 0.3 is 12.1 Å². The van der Waals surface area contributed by atoms with Gasteiger partial charge in [0.15, 0.2) is 0 Å². The van der Waals surface area contributed by atoms with Gasteiger partial charge in [0.25, 0.3) is 5.69 Å². The van der Waals surface area contributed by atoms with Gasteiger partial charge in [0.2, 0.25) is 0 Å². The van der Waals surface area contributed by atoms with Gasteiger partial charge in [0, 0.05) is 23.9 Å². The molecule has 1 heterocycles. The number of carbonyl (C=O) groups excluding carboxylic acids is 1. The SMILES string of the molecule is O=C(N(CC1CC=CS1)c1cccc([N+](=O)[O-])c1)C(F)(F)F. The van der Waals surface area contributed by atoms with Crippen LogP contribution in [0, 0.1) is 10.1 Å². The minimum Gasteiger partial charge on any atom is -0.303 e. The second-order valence-corrected chi connectivity index (χ2v) is 5.77.